The molecule has 2 aliphatic heterocycles. The molecule has 2 heterocycles. The van der Waals surface area contributed by atoms with Gasteiger partial charge in [0.1, 0.15) is 0 Å². The summed E-state index contributed by atoms with van der Waals surface area (Å²) in [4.78, 5) is 18.7. The molecular weight excluding hydrogens is 226 g/mol. The predicted molar refractivity (Wildman–Crippen MR) is 72.1 cm³/mol. The monoisotopic (exact) mass is 249 g/mol. The topological polar surface area (TPSA) is 26.8 Å². The molecule has 0 aliphatic carbocycles. The van der Waals surface area contributed by atoms with E-state index in [2.05, 4.69) is 15.7 Å². The summed E-state index contributed by atoms with van der Waals surface area (Å²) >= 11 is 0. The lowest BCUT2D eigenvalue weighted by Gasteiger charge is -2.35. The first-order valence-corrected chi connectivity index (χ1v) is 6.95. The van der Waals surface area contributed by atoms with Gasteiger partial charge < -0.3 is 4.90 Å². The Kier molecular flexibility index (Phi) is 5.03. The molecule has 0 atom stereocenters. The molecule has 0 saturated carbocycles. The summed E-state index contributed by atoms with van der Waals surface area (Å²) in [6.45, 7) is 7.11. The van der Waals surface area contributed by atoms with E-state index in [-0.39, 0.29) is 0 Å². The van der Waals surface area contributed by atoms with Crippen molar-refractivity contribution in [1.29, 1.82) is 0 Å². The highest BCUT2D eigenvalue weighted by Gasteiger charge is 2.22. The number of piperazine rings is 1. The molecular formula is C14H23N3O. The van der Waals surface area contributed by atoms with Crippen LogP contribution < -0.4 is 0 Å². The molecule has 2 rings (SSSR count). The Labute approximate surface area is 110 Å². The van der Waals surface area contributed by atoms with Crippen LogP contribution in [0.3, 0.4) is 0 Å². The standard InChI is InChI=1S/C14H23N3O/c1-2-6-15-9-11-16(12-10-15)13-14(18)17-7-4-3-5-8-17/h1H,3-13H2. The van der Waals surface area contributed by atoms with Crippen molar-refractivity contribution >= 4 is 5.91 Å². The minimum absolute atomic E-state index is 0.306. The summed E-state index contributed by atoms with van der Waals surface area (Å²) in [6.07, 6.45) is 8.92. The van der Waals surface area contributed by atoms with Crippen molar-refractivity contribution in [1.82, 2.24) is 14.7 Å². The van der Waals surface area contributed by atoms with Gasteiger partial charge in [0.15, 0.2) is 0 Å². The van der Waals surface area contributed by atoms with E-state index in [1.807, 2.05) is 4.90 Å². The van der Waals surface area contributed by atoms with Crippen molar-refractivity contribution in [2.75, 3.05) is 52.4 Å². The fourth-order valence-electron chi connectivity index (χ4n) is 2.67. The second kappa shape index (κ2) is 6.77. The lowest BCUT2D eigenvalue weighted by atomic mass is 10.1. The van der Waals surface area contributed by atoms with Crippen molar-refractivity contribution in [2.45, 2.75) is 19.3 Å². The van der Waals surface area contributed by atoms with Gasteiger partial charge in [0.2, 0.25) is 5.91 Å². The van der Waals surface area contributed by atoms with Crippen LogP contribution in [0, 0.1) is 12.3 Å². The molecule has 0 radical (unpaired) electrons. The molecule has 0 aromatic rings. The Morgan fingerprint density at radius 1 is 0.944 bits per heavy atom. The number of rotatable bonds is 3. The van der Waals surface area contributed by atoms with E-state index in [0.29, 0.717) is 12.5 Å². The minimum Gasteiger partial charge on any atom is -0.342 e. The highest BCUT2D eigenvalue weighted by Crippen LogP contribution is 2.10. The van der Waals surface area contributed by atoms with Crippen LogP contribution in [0.2, 0.25) is 0 Å². The molecule has 2 aliphatic rings. The Hall–Kier alpha value is -1.05. The second-order valence-electron chi connectivity index (χ2n) is 5.20. The van der Waals surface area contributed by atoms with Crippen molar-refractivity contribution < 1.29 is 4.79 Å². The molecule has 2 fully saturated rings. The first-order chi connectivity index (χ1) is 8.79. The minimum atomic E-state index is 0.306. The second-order valence-corrected chi connectivity index (χ2v) is 5.20. The third kappa shape index (κ3) is 3.72. The number of likely N-dealkylation sites (tertiary alicyclic amines) is 1. The lowest BCUT2D eigenvalue weighted by molar-refractivity contribution is -0.133. The van der Waals surface area contributed by atoms with Crippen molar-refractivity contribution in [2.24, 2.45) is 0 Å². The van der Waals surface area contributed by atoms with E-state index in [1.165, 1.54) is 19.3 Å². The fourth-order valence-corrected chi connectivity index (χ4v) is 2.67. The van der Waals surface area contributed by atoms with E-state index < -0.39 is 0 Å². The lowest BCUT2D eigenvalue weighted by Crippen LogP contribution is -2.50. The summed E-state index contributed by atoms with van der Waals surface area (Å²) in [6, 6.07) is 0. The van der Waals surface area contributed by atoms with Gasteiger partial charge in [0.25, 0.3) is 0 Å². The zero-order valence-corrected chi connectivity index (χ0v) is 11.1. The van der Waals surface area contributed by atoms with Crippen molar-refractivity contribution in [3.8, 4) is 12.3 Å². The summed E-state index contributed by atoms with van der Waals surface area (Å²) in [5, 5.41) is 0. The van der Waals surface area contributed by atoms with Gasteiger partial charge in [-0.15, -0.1) is 6.42 Å². The first kappa shape index (κ1) is 13.4. The third-order valence-corrected chi connectivity index (χ3v) is 3.85. The van der Waals surface area contributed by atoms with Gasteiger partial charge >= 0.3 is 0 Å². The average Bonchev–Trinajstić information content (AvgIpc) is 2.42. The Balaban J connectivity index is 1.70. The van der Waals surface area contributed by atoms with Crippen LogP contribution in [0.1, 0.15) is 19.3 Å². The molecule has 0 bridgehead atoms. The molecule has 0 aromatic carbocycles. The predicted octanol–water partition coefficient (Wildman–Crippen LogP) is 0.250. The smallest absolute Gasteiger partial charge is 0.236 e. The van der Waals surface area contributed by atoms with Crippen LogP contribution in [0.25, 0.3) is 0 Å². The Bertz CT molecular complexity index is 309. The highest BCUT2D eigenvalue weighted by molar-refractivity contribution is 5.78. The molecule has 0 spiro atoms. The third-order valence-electron chi connectivity index (χ3n) is 3.85. The molecule has 2 saturated heterocycles. The Morgan fingerprint density at radius 2 is 1.56 bits per heavy atom. The molecule has 0 aromatic heterocycles. The van der Waals surface area contributed by atoms with E-state index in [4.69, 9.17) is 6.42 Å². The number of carbonyl (C=O) groups is 1. The SMILES string of the molecule is C#CCN1CCN(CC(=O)N2CCCCC2)CC1. The normalized spacial score (nSPS) is 22.7. The van der Waals surface area contributed by atoms with Crippen LogP contribution in [0.15, 0.2) is 0 Å². The zero-order valence-electron chi connectivity index (χ0n) is 11.1. The quantitative estimate of drug-likeness (QED) is 0.671. The Morgan fingerprint density at radius 3 is 2.17 bits per heavy atom. The summed E-state index contributed by atoms with van der Waals surface area (Å²) in [7, 11) is 0. The van der Waals surface area contributed by atoms with Crippen molar-refractivity contribution in [3.63, 3.8) is 0 Å². The van der Waals surface area contributed by atoms with Gasteiger partial charge in [-0.2, -0.15) is 0 Å². The molecule has 18 heavy (non-hydrogen) atoms. The maximum Gasteiger partial charge on any atom is 0.236 e. The van der Waals surface area contributed by atoms with E-state index in [0.717, 1.165) is 45.8 Å². The molecule has 1 amide bonds. The van der Waals surface area contributed by atoms with Crippen LogP contribution in [0.4, 0.5) is 0 Å². The van der Waals surface area contributed by atoms with Gasteiger partial charge in [0, 0.05) is 39.3 Å². The van der Waals surface area contributed by atoms with Gasteiger partial charge in [-0.1, -0.05) is 5.92 Å². The molecule has 4 heteroatoms. The number of terminal acetylenes is 1. The maximum absolute atomic E-state index is 12.1. The largest absolute Gasteiger partial charge is 0.342 e. The molecule has 100 valence electrons. The van der Waals surface area contributed by atoms with E-state index >= 15 is 0 Å². The van der Waals surface area contributed by atoms with Crippen molar-refractivity contribution in [3.05, 3.63) is 0 Å². The summed E-state index contributed by atoms with van der Waals surface area (Å²) in [5.41, 5.74) is 0. The number of carbonyl (C=O) groups excluding carboxylic acids is 1. The van der Waals surface area contributed by atoms with Gasteiger partial charge in [-0.3, -0.25) is 14.6 Å². The number of hydrogen-bond acceptors (Lipinski definition) is 3. The van der Waals surface area contributed by atoms with E-state index in [1.54, 1.807) is 0 Å². The number of hydrogen-bond donors (Lipinski definition) is 0. The van der Waals surface area contributed by atoms with Crippen LogP contribution in [-0.4, -0.2) is 73.0 Å². The van der Waals surface area contributed by atoms with Crippen LogP contribution in [0.5, 0.6) is 0 Å². The number of nitrogens with zero attached hydrogens (tertiary/aromatic N) is 3. The maximum atomic E-state index is 12.1. The van der Waals surface area contributed by atoms with Gasteiger partial charge in [0.05, 0.1) is 13.1 Å². The van der Waals surface area contributed by atoms with Crippen LogP contribution in [-0.2, 0) is 4.79 Å². The van der Waals surface area contributed by atoms with E-state index in [9.17, 15) is 4.79 Å². The van der Waals surface area contributed by atoms with Gasteiger partial charge in [-0.25, -0.2) is 0 Å². The number of piperidine rings is 1. The van der Waals surface area contributed by atoms with Gasteiger partial charge in [-0.05, 0) is 19.3 Å². The summed E-state index contributed by atoms with van der Waals surface area (Å²) in [5.74, 6) is 2.98. The molecule has 0 unspecified atom stereocenters. The highest BCUT2D eigenvalue weighted by atomic mass is 16.2. The number of amides is 1. The fraction of sp³-hybridized carbons (Fsp3) is 0.786. The molecule has 4 nitrogen and oxygen atoms in total. The van der Waals surface area contributed by atoms with Crippen LogP contribution >= 0.6 is 0 Å². The molecule has 0 N–H and O–H groups in total. The zero-order chi connectivity index (χ0) is 12.8. The summed E-state index contributed by atoms with van der Waals surface area (Å²) < 4.78 is 0. The average molecular weight is 249 g/mol. The first-order valence-electron chi connectivity index (χ1n) is 6.95.